The Morgan fingerprint density at radius 1 is 0.957 bits per heavy atom. The van der Waals surface area contributed by atoms with E-state index in [2.05, 4.69) is 53.4 Å². The number of Topliss-reactive ketones (excluding diaryl/α,β-unsaturated/α-hetero) is 1. The van der Waals surface area contributed by atoms with Crippen molar-refractivity contribution in [3.05, 3.63) is 65.7 Å². The molecule has 0 amide bonds. The summed E-state index contributed by atoms with van der Waals surface area (Å²) < 4.78 is 5.66. The minimum atomic E-state index is -0.0783. The Morgan fingerprint density at radius 3 is 2.57 bits per heavy atom. The first kappa shape index (κ1) is 14.5. The normalized spacial score (nSPS) is 24.3. The van der Waals surface area contributed by atoms with Gasteiger partial charge in [0.05, 0.1) is 25.2 Å². The molecular formula is C20H21NO2. The summed E-state index contributed by atoms with van der Waals surface area (Å²) in [5, 5.41) is 0. The fourth-order valence-corrected chi connectivity index (χ4v) is 3.87. The van der Waals surface area contributed by atoms with Crippen molar-refractivity contribution in [1.82, 2.24) is 0 Å². The molecule has 0 spiro atoms. The highest BCUT2D eigenvalue weighted by Gasteiger charge is 2.38. The lowest BCUT2D eigenvalue weighted by atomic mass is 9.81. The van der Waals surface area contributed by atoms with Gasteiger partial charge in [-0.1, -0.05) is 42.5 Å². The van der Waals surface area contributed by atoms with Crippen molar-refractivity contribution in [3.63, 3.8) is 0 Å². The molecule has 3 nitrogen and oxygen atoms in total. The van der Waals surface area contributed by atoms with Crippen molar-refractivity contribution in [2.45, 2.75) is 18.9 Å². The third kappa shape index (κ3) is 2.66. The summed E-state index contributed by atoms with van der Waals surface area (Å²) in [4.78, 5) is 15.0. The average molecular weight is 307 g/mol. The molecule has 2 aromatic rings. The van der Waals surface area contributed by atoms with Crippen LogP contribution in [0.4, 0.5) is 5.69 Å². The van der Waals surface area contributed by atoms with Gasteiger partial charge in [0, 0.05) is 18.7 Å². The maximum atomic E-state index is 12.6. The van der Waals surface area contributed by atoms with Crippen molar-refractivity contribution in [2.24, 2.45) is 5.92 Å². The van der Waals surface area contributed by atoms with E-state index in [-0.39, 0.29) is 12.0 Å². The highest BCUT2D eigenvalue weighted by molar-refractivity contribution is 5.83. The zero-order valence-corrected chi connectivity index (χ0v) is 13.2. The van der Waals surface area contributed by atoms with Gasteiger partial charge in [-0.2, -0.15) is 0 Å². The number of hydrogen-bond acceptors (Lipinski definition) is 3. The van der Waals surface area contributed by atoms with Crippen LogP contribution in [-0.2, 0) is 16.0 Å². The first-order valence-electron chi connectivity index (χ1n) is 8.34. The molecule has 23 heavy (non-hydrogen) atoms. The third-order valence-corrected chi connectivity index (χ3v) is 5.00. The molecule has 2 atom stereocenters. The van der Waals surface area contributed by atoms with Crippen LogP contribution >= 0.6 is 0 Å². The summed E-state index contributed by atoms with van der Waals surface area (Å²) in [7, 11) is 0. The van der Waals surface area contributed by atoms with Crippen molar-refractivity contribution in [3.8, 4) is 0 Å². The van der Waals surface area contributed by atoms with E-state index < -0.39 is 0 Å². The van der Waals surface area contributed by atoms with Crippen LogP contribution < -0.4 is 4.90 Å². The predicted octanol–water partition coefficient (Wildman–Crippen LogP) is 3.40. The number of fused-ring (bicyclic) bond motifs is 1. The van der Waals surface area contributed by atoms with E-state index in [0.717, 1.165) is 13.0 Å². The number of para-hydroxylation sites is 1. The molecule has 2 aliphatic heterocycles. The predicted molar refractivity (Wildman–Crippen MR) is 90.6 cm³/mol. The lowest BCUT2D eigenvalue weighted by molar-refractivity contribution is -0.131. The lowest BCUT2D eigenvalue weighted by Gasteiger charge is -2.43. The molecule has 2 aromatic carbocycles. The van der Waals surface area contributed by atoms with Crippen LogP contribution in [0.5, 0.6) is 0 Å². The van der Waals surface area contributed by atoms with E-state index in [1.807, 2.05) is 6.07 Å². The second-order valence-electron chi connectivity index (χ2n) is 6.32. The molecule has 0 saturated carbocycles. The van der Waals surface area contributed by atoms with Gasteiger partial charge in [0.15, 0.2) is 0 Å². The zero-order chi connectivity index (χ0) is 15.6. The van der Waals surface area contributed by atoms with Crippen molar-refractivity contribution < 1.29 is 9.53 Å². The van der Waals surface area contributed by atoms with Gasteiger partial charge in [0.2, 0.25) is 0 Å². The van der Waals surface area contributed by atoms with Crippen LogP contribution in [0.15, 0.2) is 54.6 Å². The lowest BCUT2D eigenvalue weighted by Crippen LogP contribution is -2.45. The van der Waals surface area contributed by atoms with Gasteiger partial charge < -0.3 is 9.64 Å². The number of carbonyl (C=O) groups excluding carboxylic acids is 1. The Kier molecular flexibility index (Phi) is 3.88. The van der Waals surface area contributed by atoms with Crippen LogP contribution in [0.25, 0.3) is 0 Å². The van der Waals surface area contributed by atoms with Crippen LogP contribution in [-0.4, -0.2) is 25.5 Å². The fraction of sp³-hybridized carbons (Fsp3) is 0.350. The number of ether oxygens (including phenoxy) is 1. The molecule has 4 rings (SSSR count). The van der Waals surface area contributed by atoms with Gasteiger partial charge in [-0.05, 0) is 29.7 Å². The first-order chi connectivity index (χ1) is 11.3. The van der Waals surface area contributed by atoms with Crippen molar-refractivity contribution in [2.75, 3.05) is 24.7 Å². The number of nitrogens with zero attached hydrogens (tertiary/aromatic N) is 1. The minimum absolute atomic E-state index is 0.0783. The Labute approximate surface area is 136 Å². The van der Waals surface area contributed by atoms with Gasteiger partial charge in [0.1, 0.15) is 5.78 Å². The zero-order valence-electron chi connectivity index (χ0n) is 13.2. The maximum absolute atomic E-state index is 12.6. The summed E-state index contributed by atoms with van der Waals surface area (Å²) >= 11 is 0. The smallest absolute Gasteiger partial charge is 0.142 e. The van der Waals surface area contributed by atoms with Crippen molar-refractivity contribution in [1.29, 1.82) is 0 Å². The van der Waals surface area contributed by atoms with Gasteiger partial charge in [0.25, 0.3) is 0 Å². The highest BCUT2D eigenvalue weighted by atomic mass is 16.5. The van der Waals surface area contributed by atoms with Gasteiger partial charge in [-0.25, -0.2) is 0 Å². The van der Waals surface area contributed by atoms with E-state index in [9.17, 15) is 4.79 Å². The molecule has 1 saturated heterocycles. The molecule has 118 valence electrons. The summed E-state index contributed by atoms with van der Waals surface area (Å²) in [5.74, 6) is 0.254. The van der Waals surface area contributed by atoms with E-state index in [1.54, 1.807) is 0 Å². The van der Waals surface area contributed by atoms with Gasteiger partial charge in [-0.3, -0.25) is 4.79 Å². The van der Waals surface area contributed by atoms with E-state index >= 15 is 0 Å². The standard InChI is InChI=1S/C20H21NO2/c22-19-11-13-23-14-18(19)20-17-9-5-4-6-15(17)10-12-21(20)16-7-2-1-3-8-16/h1-9,18,20H,10-14H2/t18-,20-/m1/s1. The quantitative estimate of drug-likeness (QED) is 0.851. The number of rotatable bonds is 2. The third-order valence-electron chi connectivity index (χ3n) is 5.00. The Morgan fingerprint density at radius 2 is 1.74 bits per heavy atom. The first-order valence-corrected chi connectivity index (χ1v) is 8.34. The largest absolute Gasteiger partial charge is 0.380 e. The summed E-state index contributed by atoms with van der Waals surface area (Å²) in [5.41, 5.74) is 3.83. The second-order valence-corrected chi connectivity index (χ2v) is 6.32. The summed E-state index contributed by atoms with van der Waals surface area (Å²) in [6, 6.07) is 19.0. The molecule has 0 aromatic heterocycles. The molecule has 1 fully saturated rings. The van der Waals surface area contributed by atoms with E-state index in [1.165, 1.54) is 16.8 Å². The highest BCUT2D eigenvalue weighted by Crippen LogP contribution is 2.40. The Hall–Kier alpha value is -2.13. The van der Waals surface area contributed by atoms with Gasteiger partial charge in [-0.15, -0.1) is 0 Å². The van der Waals surface area contributed by atoms with Crippen LogP contribution in [0.1, 0.15) is 23.6 Å². The molecule has 0 aliphatic carbocycles. The topological polar surface area (TPSA) is 29.5 Å². The average Bonchev–Trinajstić information content (AvgIpc) is 2.62. The van der Waals surface area contributed by atoms with Crippen LogP contribution in [0.3, 0.4) is 0 Å². The SMILES string of the molecule is O=C1CCOC[C@H]1[C@H]1c2ccccc2CCN1c1ccccc1. The molecule has 2 heterocycles. The van der Waals surface area contributed by atoms with Crippen LogP contribution in [0, 0.1) is 5.92 Å². The number of hydrogen-bond donors (Lipinski definition) is 0. The molecule has 2 aliphatic rings. The second kappa shape index (κ2) is 6.17. The fourth-order valence-electron chi connectivity index (χ4n) is 3.87. The van der Waals surface area contributed by atoms with Crippen LogP contribution in [0.2, 0.25) is 0 Å². The minimum Gasteiger partial charge on any atom is -0.380 e. The Bertz CT molecular complexity index is 698. The molecular weight excluding hydrogens is 286 g/mol. The van der Waals surface area contributed by atoms with E-state index in [4.69, 9.17) is 4.74 Å². The number of carbonyl (C=O) groups is 1. The number of benzene rings is 2. The molecule has 3 heteroatoms. The Balaban J connectivity index is 1.78. The molecule has 0 bridgehead atoms. The maximum Gasteiger partial charge on any atom is 0.142 e. The van der Waals surface area contributed by atoms with Gasteiger partial charge >= 0.3 is 0 Å². The summed E-state index contributed by atoms with van der Waals surface area (Å²) in [6.45, 7) is 2.03. The molecule has 0 unspecified atom stereocenters. The van der Waals surface area contributed by atoms with E-state index in [0.29, 0.717) is 25.4 Å². The van der Waals surface area contributed by atoms with Crippen molar-refractivity contribution >= 4 is 11.5 Å². The number of ketones is 1. The molecule has 0 radical (unpaired) electrons. The number of anilines is 1. The summed E-state index contributed by atoms with van der Waals surface area (Å²) in [6.07, 6.45) is 1.55. The monoisotopic (exact) mass is 307 g/mol. The molecule has 0 N–H and O–H groups in total.